The largest absolute Gasteiger partial charge is 0.378 e. The van der Waals surface area contributed by atoms with Crippen molar-refractivity contribution in [3.63, 3.8) is 0 Å². The number of nitrogens with zero attached hydrogens (tertiary/aromatic N) is 4. The van der Waals surface area contributed by atoms with Crippen molar-refractivity contribution in [2.45, 2.75) is 19.4 Å². The zero-order valence-electron chi connectivity index (χ0n) is 17.8. The van der Waals surface area contributed by atoms with E-state index in [0.29, 0.717) is 65.4 Å². The molecule has 1 N–H and O–H groups in total. The third-order valence-electron chi connectivity index (χ3n) is 6.40. The third kappa shape index (κ3) is 4.49. The highest BCUT2D eigenvalue weighted by molar-refractivity contribution is 5.82. The molecule has 1 aromatic carbocycles. The Morgan fingerprint density at radius 1 is 1.23 bits per heavy atom. The second-order valence-corrected chi connectivity index (χ2v) is 8.26. The third-order valence-corrected chi connectivity index (χ3v) is 6.40. The maximum Gasteiger partial charge on any atom is 0.269 e. The van der Waals surface area contributed by atoms with Crippen LogP contribution in [-0.4, -0.2) is 91.6 Å². The van der Waals surface area contributed by atoms with Crippen LogP contribution in [0.2, 0.25) is 0 Å². The number of benzene rings is 1. The van der Waals surface area contributed by atoms with Gasteiger partial charge >= 0.3 is 0 Å². The molecule has 4 rings (SSSR count). The summed E-state index contributed by atoms with van der Waals surface area (Å²) < 4.78 is 5.33. The first kappa shape index (κ1) is 21.5. The van der Waals surface area contributed by atoms with Crippen molar-refractivity contribution in [3.05, 3.63) is 33.9 Å². The molecule has 0 aliphatic carbocycles. The number of hydrogen-bond donors (Lipinski definition) is 1. The van der Waals surface area contributed by atoms with Gasteiger partial charge in [-0.15, -0.1) is 0 Å². The molecule has 3 aliphatic heterocycles. The van der Waals surface area contributed by atoms with Gasteiger partial charge in [0.25, 0.3) is 5.69 Å². The Balaban J connectivity index is 1.53. The fourth-order valence-corrected chi connectivity index (χ4v) is 4.84. The topological polar surface area (TPSA) is 108 Å². The lowest BCUT2D eigenvalue weighted by Crippen LogP contribution is -2.62. The second kappa shape index (κ2) is 9.19. The van der Waals surface area contributed by atoms with Crippen molar-refractivity contribution >= 4 is 23.2 Å². The van der Waals surface area contributed by atoms with Gasteiger partial charge in [-0.05, 0) is 25.0 Å². The van der Waals surface area contributed by atoms with E-state index >= 15 is 0 Å². The van der Waals surface area contributed by atoms with Gasteiger partial charge in [0.15, 0.2) is 0 Å². The quantitative estimate of drug-likeness (QED) is 0.526. The minimum Gasteiger partial charge on any atom is -0.378 e. The summed E-state index contributed by atoms with van der Waals surface area (Å²) in [6, 6.07) is 4.83. The molecule has 0 bridgehead atoms. The molecule has 10 nitrogen and oxygen atoms in total. The van der Waals surface area contributed by atoms with Crippen molar-refractivity contribution in [1.82, 2.24) is 15.1 Å². The molecule has 168 valence electrons. The van der Waals surface area contributed by atoms with E-state index in [1.807, 2.05) is 11.8 Å². The fraction of sp³-hybridized carbons (Fsp3) is 0.619. The minimum atomic E-state index is -0.400. The van der Waals surface area contributed by atoms with Crippen LogP contribution < -0.4 is 10.2 Å². The first-order valence-electron chi connectivity index (χ1n) is 10.9. The molecule has 3 aliphatic rings. The highest BCUT2D eigenvalue weighted by Crippen LogP contribution is 2.37. The molecule has 2 amide bonds. The van der Waals surface area contributed by atoms with Crippen molar-refractivity contribution in [3.8, 4) is 0 Å². The fourth-order valence-electron chi connectivity index (χ4n) is 4.84. The van der Waals surface area contributed by atoms with Crippen LogP contribution in [0.4, 0.5) is 11.4 Å². The molecule has 2 saturated heterocycles. The minimum absolute atomic E-state index is 0.0431. The molecular formula is C21H29N5O5. The molecule has 31 heavy (non-hydrogen) atoms. The van der Waals surface area contributed by atoms with Crippen molar-refractivity contribution in [2.75, 3.05) is 63.9 Å². The summed E-state index contributed by atoms with van der Waals surface area (Å²) in [5, 5.41) is 14.1. The summed E-state index contributed by atoms with van der Waals surface area (Å²) in [6.45, 7) is 7.11. The van der Waals surface area contributed by atoms with Crippen LogP contribution in [0.1, 0.15) is 12.5 Å². The molecule has 3 heterocycles. The summed E-state index contributed by atoms with van der Waals surface area (Å²) in [5.41, 5.74) is 1.83. The number of hydrogen-bond acceptors (Lipinski definition) is 7. The monoisotopic (exact) mass is 431 g/mol. The van der Waals surface area contributed by atoms with Crippen LogP contribution >= 0.6 is 0 Å². The van der Waals surface area contributed by atoms with Crippen LogP contribution in [0.15, 0.2) is 18.2 Å². The Bertz CT molecular complexity index is 857. The number of ether oxygens (including phenoxy) is 1. The molecule has 0 aromatic heterocycles. The molecule has 2 fully saturated rings. The predicted octanol–water partition coefficient (Wildman–Crippen LogP) is 0.253. The van der Waals surface area contributed by atoms with Crippen LogP contribution in [0.25, 0.3) is 0 Å². The van der Waals surface area contributed by atoms with E-state index in [4.69, 9.17) is 4.74 Å². The number of morpholine rings is 1. The van der Waals surface area contributed by atoms with Crippen molar-refractivity contribution < 1.29 is 19.2 Å². The standard InChI is InChI=1S/C21H29N5O5/c1-2-22-21(28)17-12-15-11-16(26(29)30)3-4-18(15)25-6-5-23(13-19(17)25)14-20(27)24-7-9-31-10-8-24/h3-4,11,17,19H,2,5-10,12-14H2,1H3,(H,22,28). The predicted molar refractivity (Wildman–Crippen MR) is 114 cm³/mol. The molecule has 10 heteroatoms. The lowest BCUT2D eigenvalue weighted by molar-refractivity contribution is -0.384. The van der Waals surface area contributed by atoms with E-state index < -0.39 is 4.92 Å². The summed E-state index contributed by atoms with van der Waals surface area (Å²) >= 11 is 0. The number of non-ortho nitro benzene ring substituents is 1. The van der Waals surface area contributed by atoms with E-state index in [-0.39, 0.29) is 29.5 Å². The van der Waals surface area contributed by atoms with Crippen molar-refractivity contribution in [1.29, 1.82) is 0 Å². The molecule has 0 radical (unpaired) electrons. The van der Waals surface area contributed by atoms with Gasteiger partial charge in [0, 0.05) is 57.1 Å². The van der Waals surface area contributed by atoms with E-state index in [1.54, 1.807) is 12.1 Å². The number of fused-ring (bicyclic) bond motifs is 3. The molecule has 0 spiro atoms. The first-order valence-corrected chi connectivity index (χ1v) is 10.9. The van der Waals surface area contributed by atoms with Gasteiger partial charge < -0.3 is 19.9 Å². The van der Waals surface area contributed by atoms with Crippen molar-refractivity contribution in [2.24, 2.45) is 5.92 Å². The van der Waals surface area contributed by atoms with Gasteiger partial charge in [-0.25, -0.2) is 0 Å². The summed E-state index contributed by atoms with van der Waals surface area (Å²) in [6.07, 6.45) is 0.454. The number of nitro groups is 1. The summed E-state index contributed by atoms with van der Waals surface area (Å²) in [7, 11) is 0. The number of piperazine rings is 1. The van der Waals surface area contributed by atoms with Gasteiger partial charge in [0.05, 0.1) is 36.6 Å². The van der Waals surface area contributed by atoms with E-state index in [0.717, 1.165) is 11.3 Å². The summed E-state index contributed by atoms with van der Waals surface area (Å²) in [4.78, 5) is 42.6. The Labute approximate surface area is 181 Å². The van der Waals surface area contributed by atoms with Crippen LogP contribution in [0, 0.1) is 16.0 Å². The number of rotatable bonds is 5. The summed E-state index contributed by atoms with van der Waals surface area (Å²) in [5.74, 6) is -0.273. The van der Waals surface area contributed by atoms with Gasteiger partial charge in [0.1, 0.15) is 0 Å². The van der Waals surface area contributed by atoms with Gasteiger partial charge in [-0.2, -0.15) is 0 Å². The smallest absolute Gasteiger partial charge is 0.269 e. The molecule has 2 unspecified atom stereocenters. The first-order chi connectivity index (χ1) is 15.0. The Kier molecular flexibility index (Phi) is 6.38. The number of nitrogens with one attached hydrogen (secondary N) is 1. The molecule has 1 aromatic rings. The molecule has 0 saturated carbocycles. The van der Waals surface area contributed by atoms with Gasteiger partial charge in [-0.3, -0.25) is 24.6 Å². The normalized spacial score (nSPS) is 23.6. The van der Waals surface area contributed by atoms with E-state index in [1.165, 1.54) is 6.07 Å². The lowest BCUT2D eigenvalue weighted by Gasteiger charge is -2.49. The van der Waals surface area contributed by atoms with Crippen LogP contribution in [0.3, 0.4) is 0 Å². The zero-order chi connectivity index (χ0) is 22.0. The number of carbonyl (C=O) groups is 2. The Hall–Kier alpha value is -2.72. The average Bonchev–Trinajstić information content (AvgIpc) is 2.78. The number of carbonyl (C=O) groups excluding carboxylic acids is 2. The van der Waals surface area contributed by atoms with E-state index in [2.05, 4.69) is 15.1 Å². The molecule has 2 atom stereocenters. The van der Waals surface area contributed by atoms with Crippen LogP contribution in [-0.2, 0) is 20.7 Å². The number of nitro benzene ring substituents is 1. The van der Waals surface area contributed by atoms with E-state index in [9.17, 15) is 19.7 Å². The average molecular weight is 431 g/mol. The number of anilines is 1. The maximum atomic E-state index is 12.9. The highest BCUT2D eigenvalue weighted by Gasteiger charge is 2.42. The Morgan fingerprint density at radius 3 is 2.71 bits per heavy atom. The number of amides is 2. The SMILES string of the molecule is CCNC(=O)C1Cc2cc([N+](=O)[O-])ccc2N2CCN(CC(=O)N3CCOCC3)CC12. The van der Waals surface area contributed by atoms with Gasteiger partial charge in [0.2, 0.25) is 11.8 Å². The molecular weight excluding hydrogens is 402 g/mol. The highest BCUT2D eigenvalue weighted by atomic mass is 16.6. The van der Waals surface area contributed by atoms with Gasteiger partial charge in [-0.1, -0.05) is 0 Å². The van der Waals surface area contributed by atoms with Crippen LogP contribution in [0.5, 0.6) is 0 Å². The second-order valence-electron chi connectivity index (χ2n) is 8.26. The Morgan fingerprint density at radius 2 is 2.00 bits per heavy atom. The zero-order valence-corrected chi connectivity index (χ0v) is 17.8. The maximum absolute atomic E-state index is 12.9. The lowest BCUT2D eigenvalue weighted by atomic mass is 9.83.